The Hall–Kier alpha value is -5.14. The molecule has 0 amide bonds. The molecule has 0 saturated carbocycles. The lowest BCUT2D eigenvalue weighted by Gasteiger charge is -2.20. The largest absolute Gasteiger partial charge is 0.487 e. The zero-order valence-corrected chi connectivity index (χ0v) is 26.1. The van der Waals surface area contributed by atoms with Crippen LogP contribution in [0.1, 0.15) is 57.0 Å². The zero-order chi connectivity index (χ0) is 32.7. The maximum Gasteiger partial charge on any atom is 0.270 e. The maximum absolute atomic E-state index is 15.4. The molecule has 0 spiro atoms. The molecule has 5 aromatic rings. The molecule has 10 heteroatoms. The molecule has 0 aliphatic heterocycles. The first-order chi connectivity index (χ1) is 21.2. The molecular weight excluding hydrogens is 573 g/mol. The minimum absolute atomic E-state index is 0.127. The normalized spacial score (nSPS) is 11.9. The van der Waals surface area contributed by atoms with Gasteiger partial charge in [0.05, 0.1) is 41.1 Å². The van der Waals surface area contributed by atoms with Crippen LogP contribution >= 0.6 is 0 Å². The van der Waals surface area contributed by atoms with Crippen molar-refractivity contribution >= 4 is 10.8 Å². The summed E-state index contributed by atoms with van der Waals surface area (Å²) in [6.45, 7) is 8.75. The summed E-state index contributed by atoms with van der Waals surface area (Å²) < 4.78 is 23.7. The average Bonchev–Trinajstić information content (AvgIpc) is 2.99. The van der Waals surface area contributed by atoms with Crippen LogP contribution in [0.25, 0.3) is 27.7 Å². The van der Waals surface area contributed by atoms with Crippen LogP contribution in [0.5, 0.6) is 5.75 Å². The molecule has 9 nitrogen and oxygen atoms in total. The van der Waals surface area contributed by atoms with Crippen LogP contribution in [0.3, 0.4) is 0 Å². The number of ether oxygens (including phenoxy) is 1. The molecule has 0 aliphatic carbocycles. The van der Waals surface area contributed by atoms with E-state index in [2.05, 4.69) is 16.2 Å². The van der Waals surface area contributed by atoms with Crippen LogP contribution in [0.4, 0.5) is 4.39 Å². The van der Waals surface area contributed by atoms with Gasteiger partial charge in [-0.25, -0.2) is 9.07 Å². The monoisotopic (exact) mass is 607 g/mol. The molecule has 0 bridgehead atoms. The molecule has 0 unspecified atom stereocenters. The van der Waals surface area contributed by atoms with Gasteiger partial charge < -0.3 is 9.84 Å². The first-order valence-corrected chi connectivity index (χ1v) is 14.4. The third-order valence-corrected chi connectivity index (χ3v) is 7.53. The van der Waals surface area contributed by atoms with Gasteiger partial charge in [0.25, 0.3) is 11.1 Å². The number of pyridine rings is 2. The second-order valence-electron chi connectivity index (χ2n) is 12.5. The second kappa shape index (κ2) is 11.7. The number of nitrogens with zero attached hydrogens (tertiary/aromatic N) is 5. The lowest BCUT2D eigenvalue weighted by molar-refractivity contribution is 0.130. The number of fused-ring (bicyclic) bond motifs is 1. The highest BCUT2D eigenvalue weighted by atomic mass is 19.1. The number of hydrogen-bond donors (Lipinski definition) is 1. The van der Waals surface area contributed by atoms with Crippen LogP contribution in [0, 0.1) is 17.1 Å². The SMILES string of the molecule is Cn1nc(-c2cccc(-n3ccc4cc(C(C)(C)C#N)cc(F)c4c3=O)c2CO)cc(Cc2ccc(OC(C)(C)C)cn2)c1=O. The van der Waals surface area contributed by atoms with Crippen molar-refractivity contribution < 1.29 is 14.2 Å². The number of rotatable bonds is 7. The minimum atomic E-state index is -0.940. The number of aryl methyl sites for hydroxylation is 1. The first kappa shape index (κ1) is 31.3. The van der Waals surface area contributed by atoms with Gasteiger partial charge >= 0.3 is 0 Å². The van der Waals surface area contributed by atoms with Gasteiger partial charge in [0.2, 0.25) is 0 Å². The Morgan fingerprint density at radius 3 is 2.42 bits per heavy atom. The van der Waals surface area contributed by atoms with E-state index < -0.39 is 23.4 Å². The van der Waals surface area contributed by atoms with Gasteiger partial charge in [0.15, 0.2) is 0 Å². The smallest absolute Gasteiger partial charge is 0.270 e. The third kappa shape index (κ3) is 6.26. The van der Waals surface area contributed by atoms with Crippen molar-refractivity contribution in [2.24, 2.45) is 7.05 Å². The summed E-state index contributed by atoms with van der Waals surface area (Å²) >= 11 is 0. The Morgan fingerprint density at radius 2 is 1.78 bits per heavy atom. The summed E-state index contributed by atoms with van der Waals surface area (Å²) in [5.74, 6) is -0.114. The Bertz CT molecular complexity index is 2080. The molecule has 0 atom stereocenters. The van der Waals surface area contributed by atoms with Gasteiger partial charge in [-0.1, -0.05) is 12.1 Å². The Labute approximate surface area is 259 Å². The van der Waals surface area contributed by atoms with Crippen molar-refractivity contribution in [3.8, 4) is 28.8 Å². The van der Waals surface area contributed by atoms with E-state index in [1.54, 1.807) is 69.6 Å². The van der Waals surface area contributed by atoms with E-state index >= 15 is 4.39 Å². The van der Waals surface area contributed by atoms with Crippen molar-refractivity contribution in [1.82, 2.24) is 19.3 Å². The number of aliphatic hydroxyl groups is 1. The molecule has 3 heterocycles. The molecular formula is C35H34FN5O4. The summed E-state index contributed by atoms with van der Waals surface area (Å²) in [5.41, 5.74) is 0.980. The van der Waals surface area contributed by atoms with E-state index in [1.165, 1.54) is 21.5 Å². The molecule has 0 fully saturated rings. The Morgan fingerprint density at radius 1 is 1.02 bits per heavy atom. The summed E-state index contributed by atoms with van der Waals surface area (Å²) in [4.78, 5) is 31.2. The van der Waals surface area contributed by atoms with Crippen molar-refractivity contribution in [1.29, 1.82) is 5.26 Å². The minimum Gasteiger partial charge on any atom is -0.487 e. The standard InChI is InChI=1S/C35H34FN5O4/c1-34(2,3)45-25-11-10-24(38-18-25)15-22-16-29(39-40(6)32(22)43)26-8-7-9-30(27(26)19-42)41-13-12-21-14-23(35(4,5)20-37)17-28(36)31(21)33(41)44/h7-14,16-18,42H,15,19H2,1-6H3. The Kier molecular flexibility index (Phi) is 8.17. The molecule has 0 aliphatic rings. The zero-order valence-electron chi connectivity index (χ0n) is 26.1. The number of benzene rings is 2. The van der Waals surface area contributed by atoms with Crippen LogP contribution in [-0.2, 0) is 25.5 Å². The summed E-state index contributed by atoms with van der Waals surface area (Å²) in [6.07, 6.45) is 3.37. The molecule has 230 valence electrons. The van der Waals surface area contributed by atoms with Gasteiger partial charge in [0.1, 0.15) is 17.2 Å². The number of aromatic nitrogens is 4. The van der Waals surface area contributed by atoms with Gasteiger partial charge in [-0.05, 0) is 88.0 Å². The van der Waals surface area contributed by atoms with E-state index in [4.69, 9.17) is 4.74 Å². The predicted octanol–water partition coefficient (Wildman–Crippen LogP) is 5.35. The average molecular weight is 608 g/mol. The number of halogens is 1. The highest BCUT2D eigenvalue weighted by Gasteiger charge is 2.23. The number of aliphatic hydroxyl groups excluding tert-OH is 1. The first-order valence-electron chi connectivity index (χ1n) is 14.4. The molecule has 3 aromatic heterocycles. The van der Waals surface area contributed by atoms with E-state index in [-0.39, 0.29) is 23.0 Å². The van der Waals surface area contributed by atoms with Crippen molar-refractivity contribution in [2.75, 3.05) is 0 Å². The highest BCUT2D eigenvalue weighted by molar-refractivity contribution is 5.84. The van der Waals surface area contributed by atoms with Crippen LogP contribution in [0.15, 0.2) is 76.6 Å². The lowest BCUT2D eigenvalue weighted by Crippen LogP contribution is -2.25. The van der Waals surface area contributed by atoms with Crippen LogP contribution < -0.4 is 15.9 Å². The predicted molar refractivity (Wildman–Crippen MR) is 170 cm³/mol. The molecule has 2 aromatic carbocycles. The second-order valence-corrected chi connectivity index (χ2v) is 12.5. The fraction of sp³-hybridized carbons (Fsp3) is 0.286. The molecule has 45 heavy (non-hydrogen) atoms. The highest BCUT2D eigenvalue weighted by Crippen LogP contribution is 2.30. The number of hydrogen-bond acceptors (Lipinski definition) is 7. The van der Waals surface area contributed by atoms with E-state index in [0.29, 0.717) is 50.5 Å². The fourth-order valence-corrected chi connectivity index (χ4v) is 5.20. The van der Waals surface area contributed by atoms with E-state index in [1.807, 2.05) is 26.8 Å². The van der Waals surface area contributed by atoms with E-state index in [9.17, 15) is 20.0 Å². The number of nitriles is 1. The Balaban J connectivity index is 1.57. The topological polar surface area (TPSA) is 123 Å². The summed E-state index contributed by atoms with van der Waals surface area (Å²) in [6, 6.07) is 17.0. The molecule has 5 rings (SSSR count). The van der Waals surface area contributed by atoms with Gasteiger partial charge in [-0.15, -0.1) is 0 Å². The third-order valence-electron chi connectivity index (χ3n) is 7.53. The van der Waals surface area contributed by atoms with Crippen LogP contribution in [0.2, 0.25) is 0 Å². The quantitative estimate of drug-likeness (QED) is 0.265. The summed E-state index contributed by atoms with van der Waals surface area (Å²) in [5, 5.41) is 24.7. The fourth-order valence-electron chi connectivity index (χ4n) is 5.20. The summed E-state index contributed by atoms with van der Waals surface area (Å²) in [7, 11) is 1.55. The molecule has 0 saturated heterocycles. The van der Waals surface area contributed by atoms with Crippen molar-refractivity contribution in [3.05, 3.63) is 116 Å². The molecule has 1 N–H and O–H groups in total. The van der Waals surface area contributed by atoms with Gasteiger partial charge in [0, 0.05) is 42.0 Å². The molecule has 0 radical (unpaired) electrons. The lowest BCUT2D eigenvalue weighted by atomic mass is 9.85. The van der Waals surface area contributed by atoms with E-state index in [0.717, 1.165) is 0 Å². The van der Waals surface area contributed by atoms with Crippen molar-refractivity contribution in [3.63, 3.8) is 0 Å². The van der Waals surface area contributed by atoms with Crippen molar-refractivity contribution in [2.45, 2.75) is 58.7 Å². The van der Waals surface area contributed by atoms with Gasteiger partial charge in [-0.2, -0.15) is 10.4 Å². The van der Waals surface area contributed by atoms with Gasteiger partial charge in [-0.3, -0.25) is 19.1 Å². The van der Waals surface area contributed by atoms with Crippen LogP contribution in [-0.4, -0.2) is 30.0 Å². The maximum atomic E-state index is 15.4.